The van der Waals surface area contributed by atoms with Crippen LogP contribution in [0.25, 0.3) is 0 Å². The Morgan fingerprint density at radius 3 is 2.43 bits per heavy atom. The van der Waals surface area contributed by atoms with Crippen LogP contribution in [0.3, 0.4) is 0 Å². The van der Waals surface area contributed by atoms with Crippen molar-refractivity contribution >= 4 is 15.9 Å². The monoisotopic (exact) mass is 166 g/mol. The molecule has 0 aromatic carbocycles. The van der Waals surface area contributed by atoms with E-state index in [1.165, 1.54) is 0 Å². The van der Waals surface area contributed by atoms with Crippen molar-refractivity contribution in [3.05, 3.63) is 0 Å². The molecule has 0 saturated carbocycles. The van der Waals surface area contributed by atoms with Crippen molar-refractivity contribution in [1.29, 1.82) is 0 Å². The van der Waals surface area contributed by atoms with E-state index in [9.17, 15) is 0 Å². The van der Waals surface area contributed by atoms with Crippen LogP contribution in [0.1, 0.15) is 13.3 Å². The zero-order chi connectivity index (χ0) is 5.49. The summed E-state index contributed by atoms with van der Waals surface area (Å²) in [6, 6.07) is 0. The van der Waals surface area contributed by atoms with Gasteiger partial charge in [-0.05, 0) is 22.4 Å². The molecule has 0 radical (unpaired) electrons. The largest absolute Gasteiger partial charge is 0.355 e. The minimum atomic E-state index is -0.970. The van der Waals surface area contributed by atoms with E-state index in [1.54, 1.807) is 0 Å². The van der Waals surface area contributed by atoms with Crippen molar-refractivity contribution in [2.45, 2.75) is 24.1 Å². The van der Waals surface area contributed by atoms with Crippen molar-refractivity contribution in [3.8, 4) is 0 Å². The Labute approximate surface area is 50.6 Å². The fraction of sp³-hybridized carbons (Fsp3) is 1.00. The molecule has 42 valence electrons. The van der Waals surface area contributed by atoms with Crippen molar-refractivity contribution in [2.24, 2.45) is 0 Å². The van der Waals surface area contributed by atoms with Crippen molar-refractivity contribution < 1.29 is 9.84 Å². The Bertz CT molecular complexity index is 81.8. The summed E-state index contributed by atoms with van der Waals surface area (Å²) in [5.41, 5.74) is 0. The molecule has 0 aromatic rings. The maximum Gasteiger partial charge on any atom is 0.251 e. The first-order chi connectivity index (χ1) is 3.17. The number of hydrogen-bond donors (Lipinski definition) is 1. The lowest BCUT2D eigenvalue weighted by Crippen LogP contribution is -2.00. The standard InChI is InChI=1S/C4H7BrO2/c1-2-3-4(5,6)7-3/h3,6H,2H2,1H3. The van der Waals surface area contributed by atoms with Gasteiger partial charge in [-0.2, -0.15) is 0 Å². The highest BCUT2D eigenvalue weighted by Gasteiger charge is 2.51. The van der Waals surface area contributed by atoms with Crippen LogP contribution in [0.4, 0.5) is 0 Å². The van der Waals surface area contributed by atoms with E-state index < -0.39 is 4.70 Å². The average Bonchev–Trinajstić information content (AvgIpc) is 2.13. The second kappa shape index (κ2) is 1.44. The number of rotatable bonds is 1. The molecule has 0 amide bonds. The Kier molecular flexibility index (Phi) is 1.14. The van der Waals surface area contributed by atoms with Gasteiger partial charge in [0.2, 0.25) is 0 Å². The molecule has 1 saturated heterocycles. The minimum Gasteiger partial charge on any atom is -0.355 e. The Morgan fingerprint density at radius 2 is 2.43 bits per heavy atom. The summed E-state index contributed by atoms with van der Waals surface area (Å²) in [5.74, 6) is 0. The highest BCUT2D eigenvalue weighted by atomic mass is 79.9. The van der Waals surface area contributed by atoms with Crippen LogP contribution in [0.5, 0.6) is 0 Å². The number of halogens is 1. The van der Waals surface area contributed by atoms with E-state index in [2.05, 4.69) is 15.9 Å². The quantitative estimate of drug-likeness (QED) is 0.463. The van der Waals surface area contributed by atoms with Crippen LogP contribution < -0.4 is 0 Å². The second-order valence-electron chi connectivity index (χ2n) is 1.62. The molecule has 1 heterocycles. The van der Waals surface area contributed by atoms with Crippen LogP contribution in [-0.2, 0) is 4.74 Å². The van der Waals surface area contributed by atoms with Gasteiger partial charge in [0.05, 0.1) is 0 Å². The maximum absolute atomic E-state index is 8.79. The molecule has 2 unspecified atom stereocenters. The number of ether oxygens (including phenoxy) is 1. The van der Waals surface area contributed by atoms with Gasteiger partial charge < -0.3 is 9.84 Å². The minimum absolute atomic E-state index is 0.0208. The predicted molar refractivity (Wildman–Crippen MR) is 29.0 cm³/mol. The van der Waals surface area contributed by atoms with Crippen LogP contribution in [0.2, 0.25) is 0 Å². The molecule has 1 aliphatic rings. The maximum atomic E-state index is 8.79. The van der Waals surface area contributed by atoms with Crippen LogP contribution in [0, 0.1) is 0 Å². The third-order valence-electron chi connectivity index (χ3n) is 1.02. The van der Waals surface area contributed by atoms with E-state index in [0.29, 0.717) is 0 Å². The number of aliphatic hydroxyl groups is 1. The predicted octanol–water partition coefficient (Wildman–Crippen LogP) is 0.836. The van der Waals surface area contributed by atoms with Crippen molar-refractivity contribution in [1.82, 2.24) is 0 Å². The first-order valence-corrected chi connectivity index (χ1v) is 3.05. The van der Waals surface area contributed by atoms with Crippen molar-refractivity contribution in [3.63, 3.8) is 0 Å². The lowest BCUT2D eigenvalue weighted by Gasteiger charge is -1.85. The van der Waals surface area contributed by atoms with Gasteiger partial charge in [0.15, 0.2) is 0 Å². The van der Waals surface area contributed by atoms with Gasteiger partial charge in [-0.3, -0.25) is 0 Å². The SMILES string of the molecule is CCC1OC1(O)Br. The molecule has 1 rings (SSSR count). The average molecular weight is 167 g/mol. The number of hydrogen-bond acceptors (Lipinski definition) is 2. The Hall–Kier alpha value is 0.400. The van der Waals surface area contributed by atoms with E-state index >= 15 is 0 Å². The third-order valence-corrected chi connectivity index (χ3v) is 1.72. The summed E-state index contributed by atoms with van der Waals surface area (Å²) in [5, 5.41) is 8.79. The van der Waals surface area contributed by atoms with Gasteiger partial charge in [-0.15, -0.1) is 0 Å². The molecule has 1 aliphatic heterocycles. The summed E-state index contributed by atoms with van der Waals surface area (Å²) in [4.78, 5) is 0. The molecule has 3 heteroatoms. The fourth-order valence-corrected chi connectivity index (χ4v) is 1.05. The summed E-state index contributed by atoms with van der Waals surface area (Å²) in [6.07, 6.45) is 0.884. The summed E-state index contributed by atoms with van der Waals surface area (Å²) in [7, 11) is 0. The summed E-state index contributed by atoms with van der Waals surface area (Å²) < 4.78 is 3.76. The number of alkyl halides is 1. The Morgan fingerprint density at radius 1 is 2.00 bits per heavy atom. The highest BCUT2D eigenvalue weighted by Crippen LogP contribution is 2.41. The van der Waals surface area contributed by atoms with Crippen LogP contribution in [0.15, 0.2) is 0 Å². The first-order valence-electron chi connectivity index (χ1n) is 2.26. The molecule has 0 aromatic heterocycles. The van der Waals surface area contributed by atoms with Gasteiger partial charge in [0, 0.05) is 0 Å². The normalized spacial score (nSPS) is 49.3. The van der Waals surface area contributed by atoms with Gasteiger partial charge in [-0.25, -0.2) is 0 Å². The zero-order valence-electron chi connectivity index (χ0n) is 4.02. The van der Waals surface area contributed by atoms with E-state index in [1.807, 2.05) is 6.92 Å². The molecular weight excluding hydrogens is 160 g/mol. The van der Waals surface area contributed by atoms with Crippen molar-refractivity contribution in [2.75, 3.05) is 0 Å². The second-order valence-corrected chi connectivity index (χ2v) is 2.76. The third kappa shape index (κ3) is 0.953. The number of epoxide rings is 1. The molecule has 0 bridgehead atoms. The summed E-state index contributed by atoms with van der Waals surface area (Å²) in [6.45, 7) is 1.96. The van der Waals surface area contributed by atoms with E-state index in [-0.39, 0.29) is 6.10 Å². The lowest BCUT2D eigenvalue weighted by molar-refractivity contribution is 0.130. The Balaban J connectivity index is 2.30. The van der Waals surface area contributed by atoms with Crippen LogP contribution >= 0.6 is 15.9 Å². The van der Waals surface area contributed by atoms with Crippen LogP contribution in [-0.4, -0.2) is 15.9 Å². The zero-order valence-corrected chi connectivity index (χ0v) is 5.60. The molecular formula is C4H7BrO2. The van der Waals surface area contributed by atoms with Gasteiger partial charge in [0.25, 0.3) is 4.70 Å². The highest BCUT2D eigenvalue weighted by molar-refractivity contribution is 9.10. The van der Waals surface area contributed by atoms with Gasteiger partial charge in [-0.1, -0.05) is 6.92 Å². The smallest absolute Gasteiger partial charge is 0.251 e. The van der Waals surface area contributed by atoms with E-state index in [4.69, 9.17) is 9.84 Å². The summed E-state index contributed by atoms with van der Waals surface area (Å²) >= 11 is 2.95. The molecule has 0 aliphatic carbocycles. The van der Waals surface area contributed by atoms with Gasteiger partial charge in [0.1, 0.15) is 6.10 Å². The molecule has 0 spiro atoms. The van der Waals surface area contributed by atoms with Gasteiger partial charge >= 0.3 is 0 Å². The first kappa shape index (κ1) is 5.54. The molecule has 7 heavy (non-hydrogen) atoms. The lowest BCUT2D eigenvalue weighted by atomic mass is 10.4. The van der Waals surface area contributed by atoms with E-state index in [0.717, 1.165) is 6.42 Å². The molecule has 1 N–H and O–H groups in total. The topological polar surface area (TPSA) is 32.8 Å². The molecule has 2 atom stereocenters. The fourth-order valence-electron chi connectivity index (χ4n) is 0.501. The molecule has 2 nitrogen and oxygen atoms in total. The molecule has 1 fully saturated rings.